The third-order valence-electron chi connectivity index (χ3n) is 2.36. The Labute approximate surface area is 109 Å². The molecule has 1 amide bonds. The van der Waals surface area contributed by atoms with Crippen molar-refractivity contribution in [2.45, 2.75) is 27.4 Å². The summed E-state index contributed by atoms with van der Waals surface area (Å²) in [5.41, 5.74) is 2.06. The van der Waals surface area contributed by atoms with Gasteiger partial charge >= 0.3 is 6.09 Å². The number of benzene rings is 1. The van der Waals surface area contributed by atoms with E-state index < -0.39 is 0 Å². The summed E-state index contributed by atoms with van der Waals surface area (Å²) in [7, 11) is 0. The van der Waals surface area contributed by atoms with E-state index in [1.165, 1.54) is 0 Å². The number of carbonyl (C=O) groups is 1. The Morgan fingerprint density at radius 1 is 1.28 bits per heavy atom. The first-order valence-electron chi connectivity index (χ1n) is 6.35. The van der Waals surface area contributed by atoms with Crippen molar-refractivity contribution in [2.75, 3.05) is 18.4 Å². The highest BCUT2D eigenvalue weighted by Crippen LogP contribution is 2.10. The quantitative estimate of drug-likeness (QED) is 0.816. The molecule has 0 radical (unpaired) electrons. The molecule has 4 nitrogen and oxygen atoms in total. The van der Waals surface area contributed by atoms with Gasteiger partial charge in [-0.25, -0.2) is 4.79 Å². The summed E-state index contributed by atoms with van der Waals surface area (Å²) in [5.74, 6) is 0.428. The van der Waals surface area contributed by atoms with E-state index in [9.17, 15) is 4.79 Å². The largest absolute Gasteiger partial charge is 0.445 e. The highest BCUT2D eigenvalue weighted by Gasteiger charge is 2.03. The maximum atomic E-state index is 11.3. The van der Waals surface area contributed by atoms with Gasteiger partial charge in [0.1, 0.15) is 6.61 Å². The summed E-state index contributed by atoms with van der Waals surface area (Å²) in [4.78, 5) is 11.3. The zero-order valence-electron chi connectivity index (χ0n) is 11.3. The molecule has 2 N–H and O–H groups in total. The predicted molar refractivity (Wildman–Crippen MR) is 73.6 cm³/mol. The van der Waals surface area contributed by atoms with E-state index >= 15 is 0 Å². The molecular formula is C14H22N2O2. The molecule has 0 aliphatic carbocycles. The monoisotopic (exact) mass is 250 g/mol. The van der Waals surface area contributed by atoms with Crippen molar-refractivity contribution >= 4 is 11.8 Å². The Morgan fingerprint density at radius 3 is 2.50 bits per heavy atom. The summed E-state index contributed by atoms with van der Waals surface area (Å²) in [6.45, 7) is 7.97. The van der Waals surface area contributed by atoms with Crippen LogP contribution >= 0.6 is 0 Å². The summed E-state index contributed by atoms with van der Waals surface area (Å²) >= 11 is 0. The number of ether oxygens (including phenoxy) is 1. The second-order valence-corrected chi connectivity index (χ2v) is 4.58. The molecule has 0 fully saturated rings. The van der Waals surface area contributed by atoms with Gasteiger partial charge in [-0.2, -0.15) is 0 Å². The molecule has 0 unspecified atom stereocenters. The Kier molecular flexibility index (Phi) is 6.05. The van der Waals surface area contributed by atoms with Gasteiger partial charge in [-0.1, -0.05) is 26.0 Å². The van der Waals surface area contributed by atoms with Crippen LogP contribution in [-0.4, -0.2) is 19.2 Å². The number of anilines is 1. The fourth-order valence-electron chi connectivity index (χ4n) is 1.41. The number of carbonyl (C=O) groups excluding carboxylic acids is 1. The molecule has 0 atom stereocenters. The van der Waals surface area contributed by atoms with Gasteiger partial charge in [-0.05, 0) is 30.5 Å². The van der Waals surface area contributed by atoms with Gasteiger partial charge in [0.15, 0.2) is 0 Å². The Morgan fingerprint density at radius 2 is 1.94 bits per heavy atom. The number of alkyl carbamates (subject to hydrolysis) is 1. The average molecular weight is 250 g/mol. The van der Waals surface area contributed by atoms with Gasteiger partial charge < -0.3 is 15.4 Å². The van der Waals surface area contributed by atoms with Crippen molar-refractivity contribution in [3.63, 3.8) is 0 Å². The Balaban J connectivity index is 2.32. The maximum Gasteiger partial charge on any atom is 0.407 e. The van der Waals surface area contributed by atoms with Crippen LogP contribution in [0.2, 0.25) is 0 Å². The molecule has 100 valence electrons. The van der Waals surface area contributed by atoms with Crippen LogP contribution in [0, 0.1) is 5.92 Å². The zero-order chi connectivity index (χ0) is 13.4. The summed E-state index contributed by atoms with van der Waals surface area (Å²) in [6.07, 6.45) is -0.362. The number of hydrogen-bond acceptors (Lipinski definition) is 3. The third-order valence-corrected chi connectivity index (χ3v) is 2.36. The third kappa shape index (κ3) is 5.57. The molecule has 0 aromatic heterocycles. The second kappa shape index (κ2) is 7.58. The lowest BCUT2D eigenvalue weighted by molar-refractivity contribution is 0.138. The topological polar surface area (TPSA) is 50.4 Å². The molecule has 18 heavy (non-hydrogen) atoms. The first-order valence-corrected chi connectivity index (χ1v) is 6.35. The molecule has 0 spiro atoms. The van der Waals surface area contributed by atoms with Gasteiger partial charge in [-0.3, -0.25) is 0 Å². The van der Waals surface area contributed by atoms with E-state index in [0.29, 0.717) is 19.1 Å². The lowest BCUT2D eigenvalue weighted by Crippen LogP contribution is -2.27. The van der Waals surface area contributed by atoms with Crippen LogP contribution in [-0.2, 0) is 11.3 Å². The fraction of sp³-hybridized carbons (Fsp3) is 0.500. The minimum Gasteiger partial charge on any atom is -0.445 e. The van der Waals surface area contributed by atoms with Gasteiger partial charge in [0.05, 0.1) is 0 Å². The van der Waals surface area contributed by atoms with Crippen LogP contribution in [0.1, 0.15) is 26.3 Å². The van der Waals surface area contributed by atoms with E-state index in [0.717, 1.165) is 17.8 Å². The number of hydrogen-bond donors (Lipinski definition) is 2. The predicted octanol–water partition coefficient (Wildman–Crippen LogP) is 3.00. The molecule has 4 heteroatoms. The van der Waals surface area contributed by atoms with Crippen LogP contribution in [0.5, 0.6) is 0 Å². The molecule has 0 saturated carbocycles. The molecule has 1 aromatic rings. The molecule has 0 saturated heterocycles. The molecule has 0 aliphatic rings. The minimum atomic E-state index is -0.362. The fourth-order valence-corrected chi connectivity index (χ4v) is 1.41. The lowest BCUT2D eigenvalue weighted by Gasteiger charge is -2.09. The number of amides is 1. The Bertz CT molecular complexity index is 361. The molecule has 1 aromatic carbocycles. The van der Waals surface area contributed by atoms with Crippen LogP contribution < -0.4 is 10.6 Å². The Hall–Kier alpha value is -1.71. The highest BCUT2D eigenvalue weighted by molar-refractivity contribution is 5.67. The van der Waals surface area contributed by atoms with Crippen molar-refractivity contribution in [1.82, 2.24) is 5.32 Å². The van der Waals surface area contributed by atoms with Crippen molar-refractivity contribution in [3.05, 3.63) is 29.8 Å². The van der Waals surface area contributed by atoms with E-state index in [2.05, 4.69) is 17.6 Å². The van der Waals surface area contributed by atoms with Crippen LogP contribution in [0.15, 0.2) is 24.3 Å². The number of rotatable bonds is 6. The smallest absolute Gasteiger partial charge is 0.407 e. The van der Waals surface area contributed by atoms with Crippen LogP contribution in [0.3, 0.4) is 0 Å². The van der Waals surface area contributed by atoms with E-state index in [1.807, 2.05) is 38.1 Å². The molecule has 1 rings (SSSR count). The number of nitrogens with one attached hydrogen (secondary N) is 2. The SMILES string of the molecule is CCNc1ccc(COC(=O)NCC(C)C)cc1. The molecular weight excluding hydrogens is 228 g/mol. The van der Waals surface area contributed by atoms with Crippen LogP contribution in [0.25, 0.3) is 0 Å². The molecule has 0 bridgehead atoms. The van der Waals surface area contributed by atoms with E-state index in [-0.39, 0.29) is 6.09 Å². The molecule has 0 aliphatic heterocycles. The lowest BCUT2D eigenvalue weighted by atomic mass is 10.2. The minimum absolute atomic E-state index is 0.302. The first-order chi connectivity index (χ1) is 8.61. The summed E-state index contributed by atoms with van der Waals surface area (Å²) < 4.78 is 5.11. The maximum absolute atomic E-state index is 11.3. The van der Waals surface area contributed by atoms with Gasteiger partial charge in [-0.15, -0.1) is 0 Å². The van der Waals surface area contributed by atoms with Gasteiger partial charge in [0.2, 0.25) is 0 Å². The second-order valence-electron chi connectivity index (χ2n) is 4.58. The standard InChI is InChI=1S/C14H22N2O2/c1-4-15-13-7-5-12(6-8-13)10-18-14(17)16-9-11(2)3/h5-8,11,15H,4,9-10H2,1-3H3,(H,16,17). The first kappa shape index (κ1) is 14.4. The average Bonchev–Trinajstić information content (AvgIpc) is 2.36. The van der Waals surface area contributed by atoms with E-state index in [4.69, 9.17) is 4.74 Å². The van der Waals surface area contributed by atoms with Crippen molar-refractivity contribution in [2.24, 2.45) is 5.92 Å². The van der Waals surface area contributed by atoms with Crippen molar-refractivity contribution in [1.29, 1.82) is 0 Å². The molecule has 0 heterocycles. The van der Waals surface area contributed by atoms with Crippen molar-refractivity contribution in [3.8, 4) is 0 Å². The van der Waals surface area contributed by atoms with Gasteiger partial charge in [0.25, 0.3) is 0 Å². The zero-order valence-corrected chi connectivity index (χ0v) is 11.3. The normalized spacial score (nSPS) is 10.2. The van der Waals surface area contributed by atoms with Gasteiger partial charge in [0, 0.05) is 18.8 Å². The summed E-state index contributed by atoms with van der Waals surface area (Å²) in [6, 6.07) is 7.86. The summed E-state index contributed by atoms with van der Waals surface area (Å²) in [5, 5.41) is 5.92. The van der Waals surface area contributed by atoms with E-state index in [1.54, 1.807) is 0 Å². The van der Waals surface area contributed by atoms with Crippen LogP contribution in [0.4, 0.5) is 10.5 Å². The highest BCUT2D eigenvalue weighted by atomic mass is 16.5. The van der Waals surface area contributed by atoms with Crippen molar-refractivity contribution < 1.29 is 9.53 Å².